The van der Waals surface area contributed by atoms with Gasteiger partial charge in [-0.25, -0.2) is 9.67 Å². The number of aryl methyl sites for hydroxylation is 2. The number of benzene rings is 2. The number of anilines is 1. The summed E-state index contributed by atoms with van der Waals surface area (Å²) in [5, 5.41) is 12.3. The number of hydrogen-bond acceptors (Lipinski definition) is 6. The highest BCUT2D eigenvalue weighted by Crippen LogP contribution is 2.32. The van der Waals surface area contributed by atoms with E-state index >= 15 is 0 Å². The number of carbonyl (C=O) groups is 1. The number of fused-ring (bicyclic) bond motifs is 1. The van der Waals surface area contributed by atoms with Gasteiger partial charge >= 0.3 is 0 Å². The fraction of sp³-hybridized carbons (Fsp3) is 0.379. The third-order valence-corrected chi connectivity index (χ3v) is 8.02. The van der Waals surface area contributed by atoms with Crippen molar-refractivity contribution >= 4 is 22.4 Å². The number of amides is 1. The summed E-state index contributed by atoms with van der Waals surface area (Å²) in [6, 6.07) is 16.5. The smallest absolute Gasteiger partial charge is 0.257 e. The van der Waals surface area contributed by atoms with Gasteiger partial charge in [-0.2, -0.15) is 0 Å². The van der Waals surface area contributed by atoms with Crippen LogP contribution in [0.5, 0.6) is 0 Å². The minimum absolute atomic E-state index is 0.135. The van der Waals surface area contributed by atoms with Gasteiger partial charge in [0.25, 0.3) is 5.91 Å². The second-order valence-corrected chi connectivity index (χ2v) is 10.8. The molecule has 2 heterocycles. The number of hydrogen-bond donors (Lipinski definition) is 1. The van der Waals surface area contributed by atoms with Crippen LogP contribution in [0.2, 0.25) is 0 Å². The molecule has 5 rings (SSSR count). The molecule has 1 atom stereocenters. The Morgan fingerprint density at radius 2 is 2.03 bits per heavy atom. The Labute approximate surface area is 222 Å². The molecule has 1 N–H and O–H groups in total. The van der Waals surface area contributed by atoms with Crippen LogP contribution in [-0.2, 0) is 19.4 Å². The van der Waals surface area contributed by atoms with Crippen molar-refractivity contribution in [2.75, 3.05) is 18.4 Å². The third kappa shape index (κ3) is 5.97. The van der Waals surface area contributed by atoms with E-state index in [1.165, 1.54) is 16.9 Å². The SMILES string of the molecule is CCCN(CC)C1CCc2nc(NC(=O)c3cccc(Cn4cc(-c5ccc(C)cc5)nn4)c3)sc2C1. The molecule has 0 radical (unpaired) electrons. The van der Waals surface area contributed by atoms with Gasteiger partial charge in [0, 0.05) is 22.0 Å². The lowest BCUT2D eigenvalue weighted by molar-refractivity contribution is 0.102. The summed E-state index contributed by atoms with van der Waals surface area (Å²) in [6.07, 6.45) is 6.24. The molecule has 0 bridgehead atoms. The average molecular weight is 515 g/mol. The quantitative estimate of drug-likeness (QED) is 0.315. The van der Waals surface area contributed by atoms with Crippen LogP contribution in [-0.4, -0.2) is 49.9 Å². The van der Waals surface area contributed by atoms with Crippen LogP contribution in [0.4, 0.5) is 5.13 Å². The lowest BCUT2D eigenvalue weighted by atomic mass is 9.96. The Hall–Kier alpha value is -3.36. The van der Waals surface area contributed by atoms with Crippen molar-refractivity contribution in [3.63, 3.8) is 0 Å². The lowest BCUT2D eigenvalue weighted by Crippen LogP contribution is -2.39. The van der Waals surface area contributed by atoms with E-state index in [9.17, 15) is 4.79 Å². The maximum absolute atomic E-state index is 13.1. The summed E-state index contributed by atoms with van der Waals surface area (Å²) in [7, 11) is 0. The van der Waals surface area contributed by atoms with E-state index in [4.69, 9.17) is 4.98 Å². The average Bonchev–Trinajstić information content (AvgIpc) is 3.54. The Kier molecular flexibility index (Phi) is 7.76. The lowest BCUT2D eigenvalue weighted by Gasteiger charge is -2.32. The van der Waals surface area contributed by atoms with Gasteiger partial charge in [-0.1, -0.05) is 61.0 Å². The van der Waals surface area contributed by atoms with Gasteiger partial charge in [0.1, 0.15) is 5.69 Å². The monoisotopic (exact) mass is 514 g/mol. The van der Waals surface area contributed by atoms with E-state index in [1.54, 1.807) is 16.0 Å². The molecule has 1 unspecified atom stereocenters. The van der Waals surface area contributed by atoms with E-state index in [2.05, 4.69) is 65.6 Å². The van der Waals surface area contributed by atoms with Gasteiger partial charge in [-0.3, -0.25) is 10.1 Å². The molecule has 1 amide bonds. The Bertz CT molecular complexity index is 1360. The molecule has 37 heavy (non-hydrogen) atoms. The molecule has 2 aromatic heterocycles. The molecule has 0 aliphatic heterocycles. The summed E-state index contributed by atoms with van der Waals surface area (Å²) in [5.74, 6) is -0.135. The maximum Gasteiger partial charge on any atom is 0.257 e. The Morgan fingerprint density at radius 1 is 1.19 bits per heavy atom. The number of carbonyl (C=O) groups excluding carboxylic acids is 1. The van der Waals surface area contributed by atoms with Crippen molar-refractivity contribution in [1.82, 2.24) is 24.9 Å². The van der Waals surface area contributed by atoms with Crippen molar-refractivity contribution in [3.8, 4) is 11.3 Å². The van der Waals surface area contributed by atoms with Gasteiger partial charge < -0.3 is 4.90 Å². The normalized spacial score (nSPS) is 15.1. The molecule has 192 valence electrons. The molecular weight excluding hydrogens is 480 g/mol. The van der Waals surface area contributed by atoms with Crippen molar-refractivity contribution in [1.29, 1.82) is 0 Å². The first-order chi connectivity index (χ1) is 18.0. The standard InChI is InChI=1S/C29H34N6OS/c1-4-15-34(5-2)24-13-14-25-27(17-24)37-29(30-25)31-28(36)23-8-6-7-21(16-23)18-35-19-26(32-33-35)22-11-9-20(3)10-12-22/h6-12,16,19,24H,4-5,13-15,17-18H2,1-3H3,(H,30,31,36). The number of rotatable bonds is 9. The van der Waals surface area contributed by atoms with Crippen LogP contribution in [0.3, 0.4) is 0 Å². The summed E-state index contributed by atoms with van der Waals surface area (Å²) >= 11 is 1.62. The number of thiazole rings is 1. The maximum atomic E-state index is 13.1. The number of nitrogens with zero attached hydrogens (tertiary/aromatic N) is 5. The fourth-order valence-electron chi connectivity index (χ4n) is 5.01. The van der Waals surface area contributed by atoms with Crippen molar-refractivity contribution in [2.24, 2.45) is 0 Å². The van der Waals surface area contributed by atoms with Gasteiger partial charge in [0.15, 0.2) is 5.13 Å². The fourth-order valence-corrected chi connectivity index (χ4v) is 6.08. The van der Waals surface area contributed by atoms with Crippen LogP contribution in [0, 0.1) is 6.92 Å². The molecule has 1 aliphatic rings. The Balaban J connectivity index is 1.23. The Morgan fingerprint density at radius 3 is 2.81 bits per heavy atom. The first kappa shape index (κ1) is 25.3. The minimum atomic E-state index is -0.135. The summed E-state index contributed by atoms with van der Waals surface area (Å²) in [5.41, 5.74) is 5.83. The van der Waals surface area contributed by atoms with Gasteiger partial charge in [0.05, 0.1) is 18.4 Å². The highest BCUT2D eigenvalue weighted by Gasteiger charge is 2.26. The molecule has 4 aromatic rings. The molecule has 0 spiro atoms. The van der Waals surface area contributed by atoms with E-state index < -0.39 is 0 Å². The van der Waals surface area contributed by atoms with Crippen LogP contribution in [0.1, 0.15) is 58.7 Å². The second-order valence-electron chi connectivity index (χ2n) is 9.74. The first-order valence-electron chi connectivity index (χ1n) is 13.1. The predicted molar refractivity (Wildman–Crippen MR) is 149 cm³/mol. The van der Waals surface area contributed by atoms with Crippen LogP contribution in [0.25, 0.3) is 11.3 Å². The van der Waals surface area contributed by atoms with Crippen LogP contribution >= 0.6 is 11.3 Å². The molecule has 8 heteroatoms. The van der Waals surface area contributed by atoms with Gasteiger partial charge in [-0.05, 0) is 63.4 Å². The van der Waals surface area contributed by atoms with Crippen LogP contribution < -0.4 is 5.32 Å². The van der Waals surface area contributed by atoms with Crippen molar-refractivity contribution < 1.29 is 4.79 Å². The molecule has 0 fully saturated rings. The zero-order valence-electron chi connectivity index (χ0n) is 21.8. The highest BCUT2D eigenvalue weighted by atomic mass is 32.1. The number of nitrogens with one attached hydrogen (secondary N) is 1. The number of likely N-dealkylation sites (N-methyl/N-ethyl adjacent to an activating group) is 1. The predicted octanol–water partition coefficient (Wildman–Crippen LogP) is 5.60. The molecular formula is C29H34N6OS. The molecule has 1 aliphatic carbocycles. The largest absolute Gasteiger partial charge is 0.300 e. The first-order valence-corrected chi connectivity index (χ1v) is 13.9. The molecule has 0 saturated carbocycles. The second kappa shape index (κ2) is 11.4. The van der Waals surface area contributed by atoms with E-state index in [-0.39, 0.29) is 5.91 Å². The van der Waals surface area contributed by atoms with Gasteiger partial charge in [0.2, 0.25) is 0 Å². The van der Waals surface area contributed by atoms with E-state index in [0.717, 1.165) is 54.9 Å². The minimum Gasteiger partial charge on any atom is -0.300 e. The molecule has 2 aromatic carbocycles. The van der Waals surface area contributed by atoms with Crippen LogP contribution in [0.15, 0.2) is 54.7 Å². The number of aromatic nitrogens is 4. The zero-order chi connectivity index (χ0) is 25.8. The molecule has 7 nitrogen and oxygen atoms in total. The highest BCUT2D eigenvalue weighted by molar-refractivity contribution is 7.15. The zero-order valence-corrected chi connectivity index (χ0v) is 22.6. The summed E-state index contributed by atoms with van der Waals surface area (Å²) in [6.45, 7) is 9.30. The summed E-state index contributed by atoms with van der Waals surface area (Å²) in [4.78, 5) is 21.7. The third-order valence-electron chi connectivity index (χ3n) is 6.99. The van der Waals surface area contributed by atoms with Gasteiger partial charge in [-0.15, -0.1) is 16.4 Å². The van der Waals surface area contributed by atoms with E-state index in [1.807, 2.05) is 30.5 Å². The van der Waals surface area contributed by atoms with Crippen molar-refractivity contribution in [3.05, 3.63) is 82.0 Å². The van der Waals surface area contributed by atoms with E-state index in [0.29, 0.717) is 23.3 Å². The van der Waals surface area contributed by atoms with Crippen molar-refractivity contribution in [2.45, 2.75) is 59.0 Å². The molecule has 0 saturated heterocycles. The summed E-state index contributed by atoms with van der Waals surface area (Å²) < 4.78 is 1.80. The topological polar surface area (TPSA) is 75.9 Å².